The molecule has 3 aromatic carbocycles. The maximum Gasteiger partial charge on any atom is 0.293 e. The van der Waals surface area contributed by atoms with Crippen molar-refractivity contribution < 1.29 is 14.0 Å². The Bertz CT molecular complexity index is 1200. The van der Waals surface area contributed by atoms with Crippen molar-refractivity contribution in [3.05, 3.63) is 96.3 Å². The molecule has 4 rings (SSSR count). The third-order valence-electron chi connectivity index (χ3n) is 4.51. The number of anilines is 2. The van der Waals surface area contributed by atoms with Gasteiger partial charge in [0.15, 0.2) is 10.9 Å². The average Bonchev–Trinajstić information content (AvgIpc) is 3.20. The number of benzene rings is 3. The normalized spacial score (nSPS) is 10.5. The highest BCUT2D eigenvalue weighted by Crippen LogP contribution is 2.19. The summed E-state index contributed by atoms with van der Waals surface area (Å²) in [6.45, 7) is 0. The summed E-state index contributed by atoms with van der Waals surface area (Å²) in [4.78, 5) is 24.5. The molecular weight excluding hydrogens is 410 g/mol. The minimum absolute atomic E-state index is 0.0967. The summed E-state index contributed by atoms with van der Waals surface area (Å²) in [6, 6.07) is 25.6. The molecule has 0 fully saturated rings. The van der Waals surface area contributed by atoms with Gasteiger partial charge in [-0.15, -0.1) is 0 Å². The Hall–Kier alpha value is -3.97. The molecule has 4 aromatic rings. The first-order valence-electron chi connectivity index (χ1n) is 9.61. The summed E-state index contributed by atoms with van der Waals surface area (Å²) in [5, 5.41) is 9.38. The standard InChI is InChI=1S/C24H19N3O3S/c28-22(14-16-6-2-1-3-7-16)25-18-10-12-19(13-11-18)26-24(31)27-23(29)21-15-17-8-4-5-9-20(17)30-21/h1-13,15H,14H2,(H,25,28)(H2,26,27,29,31). The molecule has 154 valence electrons. The van der Waals surface area contributed by atoms with Crippen LogP contribution in [0, 0.1) is 0 Å². The van der Waals surface area contributed by atoms with E-state index in [0.29, 0.717) is 23.4 Å². The Morgan fingerprint density at radius 2 is 1.45 bits per heavy atom. The summed E-state index contributed by atoms with van der Waals surface area (Å²) in [6.07, 6.45) is 0.304. The Morgan fingerprint density at radius 1 is 0.806 bits per heavy atom. The van der Waals surface area contributed by atoms with Crippen LogP contribution in [0.25, 0.3) is 11.0 Å². The molecule has 31 heavy (non-hydrogen) atoms. The molecule has 3 N–H and O–H groups in total. The van der Waals surface area contributed by atoms with Gasteiger partial charge in [-0.25, -0.2) is 0 Å². The minimum Gasteiger partial charge on any atom is -0.451 e. The number of hydrogen-bond donors (Lipinski definition) is 3. The summed E-state index contributed by atoms with van der Waals surface area (Å²) in [5.41, 5.74) is 2.93. The quantitative estimate of drug-likeness (QED) is 0.399. The van der Waals surface area contributed by atoms with Crippen LogP contribution >= 0.6 is 12.2 Å². The van der Waals surface area contributed by atoms with Crippen molar-refractivity contribution in [2.75, 3.05) is 10.6 Å². The number of carbonyl (C=O) groups excluding carboxylic acids is 2. The molecule has 1 aromatic heterocycles. The molecule has 0 radical (unpaired) electrons. The van der Waals surface area contributed by atoms with Gasteiger partial charge in [-0.05, 0) is 54.2 Å². The topological polar surface area (TPSA) is 83.4 Å². The molecule has 0 aliphatic carbocycles. The van der Waals surface area contributed by atoms with Gasteiger partial charge in [0.25, 0.3) is 5.91 Å². The van der Waals surface area contributed by atoms with E-state index in [4.69, 9.17) is 16.6 Å². The highest BCUT2D eigenvalue weighted by Gasteiger charge is 2.13. The van der Waals surface area contributed by atoms with Crippen LogP contribution in [0.2, 0.25) is 0 Å². The summed E-state index contributed by atoms with van der Waals surface area (Å²) in [7, 11) is 0. The molecule has 2 amide bonds. The van der Waals surface area contributed by atoms with Crippen molar-refractivity contribution >= 4 is 51.5 Å². The molecule has 0 spiro atoms. The predicted octanol–water partition coefficient (Wildman–Crippen LogP) is 4.74. The van der Waals surface area contributed by atoms with Gasteiger partial charge in [0.1, 0.15) is 5.58 Å². The zero-order valence-corrected chi connectivity index (χ0v) is 17.2. The van der Waals surface area contributed by atoms with Crippen molar-refractivity contribution in [3.63, 3.8) is 0 Å². The van der Waals surface area contributed by atoms with Gasteiger partial charge in [-0.2, -0.15) is 0 Å². The van der Waals surface area contributed by atoms with Gasteiger partial charge < -0.3 is 15.1 Å². The van der Waals surface area contributed by atoms with E-state index in [-0.39, 0.29) is 16.8 Å². The van der Waals surface area contributed by atoms with E-state index in [2.05, 4.69) is 16.0 Å². The lowest BCUT2D eigenvalue weighted by atomic mass is 10.1. The number of amides is 2. The van der Waals surface area contributed by atoms with Crippen LogP contribution in [0.4, 0.5) is 11.4 Å². The third kappa shape index (κ3) is 5.34. The number of nitrogens with one attached hydrogen (secondary N) is 3. The number of thiocarbonyl (C=S) groups is 1. The second-order valence-electron chi connectivity index (χ2n) is 6.84. The van der Waals surface area contributed by atoms with Gasteiger partial charge in [0, 0.05) is 16.8 Å². The molecule has 0 unspecified atom stereocenters. The lowest BCUT2D eigenvalue weighted by Gasteiger charge is -2.10. The lowest BCUT2D eigenvalue weighted by Crippen LogP contribution is -2.33. The molecule has 0 saturated carbocycles. The minimum atomic E-state index is -0.432. The Labute approximate surface area is 184 Å². The van der Waals surface area contributed by atoms with Crippen LogP contribution < -0.4 is 16.0 Å². The predicted molar refractivity (Wildman–Crippen MR) is 125 cm³/mol. The maximum absolute atomic E-state index is 12.4. The Balaban J connectivity index is 1.30. The highest BCUT2D eigenvalue weighted by atomic mass is 32.1. The number of fused-ring (bicyclic) bond motifs is 1. The monoisotopic (exact) mass is 429 g/mol. The fourth-order valence-electron chi connectivity index (χ4n) is 3.04. The SMILES string of the molecule is O=C(Cc1ccccc1)Nc1ccc(NC(=S)NC(=O)c2cc3ccccc3o2)cc1. The van der Waals surface area contributed by atoms with Crippen LogP contribution in [-0.4, -0.2) is 16.9 Å². The molecule has 0 atom stereocenters. The van der Waals surface area contributed by atoms with E-state index < -0.39 is 5.91 Å². The molecule has 0 aliphatic rings. The van der Waals surface area contributed by atoms with Crippen molar-refractivity contribution in [2.24, 2.45) is 0 Å². The number of hydrogen-bond acceptors (Lipinski definition) is 4. The molecule has 6 nitrogen and oxygen atoms in total. The Morgan fingerprint density at radius 3 is 2.16 bits per heavy atom. The zero-order chi connectivity index (χ0) is 21.6. The van der Waals surface area contributed by atoms with Crippen molar-refractivity contribution in [2.45, 2.75) is 6.42 Å². The largest absolute Gasteiger partial charge is 0.451 e. The summed E-state index contributed by atoms with van der Waals surface area (Å²) in [5.74, 6) is -0.346. The van der Waals surface area contributed by atoms with Crippen molar-refractivity contribution in [1.29, 1.82) is 0 Å². The second kappa shape index (κ2) is 9.23. The fraction of sp³-hybridized carbons (Fsp3) is 0.0417. The van der Waals surface area contributed by atoms with Crippen molar-refractivity contribution in [1.82, 2.24) is 5.32 Å². The van der Waals surface area contributed by atoms with Crippen LogP contribution in [0.3, 0.4) is 0 Å². The Kier molecular flexibility index (Phi) is 6.05. The van der Waals surface area contributed by atoms with Crippen LogP contribution in [0.5, 0.6) is 0 Å². The van der Waals surface area contributed by atoms with Gasteiger partial charge in [0.05, 0.1) is 6.42 Å². The average molecular weight is 430 g/mol. The summed E-state index contributed by atoms with van der Waals surface area (Å²) >= 11 is 5.21. The van der Waals surface area contributed by atoms with Crippen LogP contribution in [0.15, 0.2) is 89.3 Å². The number of carbonyl (C=O) groups is 2. The first-order valence-corrected chi connectivity index (χ1v) is 10.0. The van der Waals surface area contributed by atoms with Gasteiger partial charge >= 0.3 is 0 Å². The number of para-hydroxylation sites is 1. The molecule has 1 heterocycles. The molecule has 7 heteroatoms. The van der Waals surface area contributed by atoms with E-state index in [1.165, 1.54) is 0 Å². The van der Waals surface area contributed by atoms with E-state index in [0.717, 1.165) is 10.9 Å². The maximum atomic E-state index is 12.4. The van der Waals surface area contributed by atoms with Crippen LogP contribution in [0.1, 0.15) is 16.1 Å². The third-order valence-corrected chi connectivity index (χ3v) is 4.71. The van der Waals surface area contributed by atoms with Gasteiger partial charge in [-0.3, -0.25) is 14.9 Å². The molecule has 0 saturated heterocycles. The first kappa shape index (κ1) is 20.3. The smallest absolute Gasteiger partial charge is 0.293 e. The molecular formula is C24H19N3O3S. The second-order valence-corrected chi connectivity index (χ2v) is 7.25. The van der Waals surface area contributed by atoms with E-state index in [1.807, 2.05) is 48.5 Å². The summed E-state index contributed by atoms with van der Waals surface area (Å²) < 4.78 is 5.54. The fourth-order valence-corrected chi connectivity index (χ4v) is 3.25. The van der Waals surface area contributed by atoms with Crippen molar-refractivity contribution in [3.8, 4) is 0 Å². The molecule has 0 bridgehead atoms. The molecule has 0 aliphatic heterocycles. The van der Waals surface area contributed by atoms with E-state index >= 15 is 0 Å². The van der Waals surface area contributed by atoms with E-state index in [1.54, 1.807) is 36.4 Å². The highest BCUT2D eigenvalue weighted by molar-refractivity contribution is 7.80. The first-order chi connectivity index (χ1) is 15.1. The van der Waals surface area contributed by atoms with Crippen LogP contribution in [-0.2, 0) is 11.2 Å². The van der Waals surface area contributed by atoms with E-state index in [9.17, 15) is 9.59 Å². The lowest BCUT2D eigenvalue weighted by molar-refractivity contribution is -0.115. The zero-order valence-electron chi connectivity index (χ0n) is 16.4. The number of furan rings is 1. The van der Waals surface area contributed by atoms with Gasteiger partial charge in [-0.1, -0.05) is 48.5 Å². The number of rotatable bonds is 5. The van der Waals surface area contributed by atoms with Gasteiger partial charge in [0.2, 0.25) is 5.91 Å².